The van der Waals surface area contributed by atoms with Gasteiger partial charge in [-0.1, -0.05) is 32.9 Å². The summed E-state index contributed by atoms with van der Waals surface area (Å²) in [5.74, 6) is 0. The molecule has 4 heteroatoms. The third-order valence-electron chi connectivity index (χ3n) is 3.74. The highest BCUT2D eigenvalue weighted by molar-refractivity contribution is 7.92. The molecule has 1 saturated heterocycles. The Morgan fingerprint density at radius 2 is 1.79 bits per heavy atom. The first kappa shape index (κ1) is 14.5. The van der Waals surface area contributed by atoms with Gasteiger partial charge in [-0.2, -0.15) is 0 Å². The van der Waals surface area contributed by atoms with Crippen LogP contribution in [0.2, 0.25) is 0 Å². The molecule has 0 aliphatic carbocycles. The van der Waals surface area contributed by atoms with Crippen molar-refractivity contribution in [2.75, 3.05) is 13.1 Å². The number of hydrogen-bond donors (Lipinski definition) is 1. The van der Waals surface area contributed by atoms with Gasteiger partial charge >= 0.3 is 0 Å². The maximum absolute atomic E-state index is 12.5. The Morgan fingerprint density at radius 3 is 2.26 bits per heavy atom. The van der Waals surface area contributed by atoms with E-state index in [1.165, 1.54) is 0 Å². The van der Waals surface area contributed by atoms with E-state index < -0.39 is 9.84 Å². The Bertz CT molecular complexity index is 520. The first-order valence-corrected chi connectivity index (χ1v) is 8.41. The fraction of sp³-hybridized carbons (Fsp3) is 0.600. The number of nitrogens with one attached hydrogen (secondary N) is 1. The van der Waals surface area contributed by atoms with Crippen LogP contribution in [0, 0.1) is 0 Å². The van der Waals surface area contributed by atoms with E-state index in [-0.39, 0.29) is 10.7 Å². The number of rotatable bonds is 2. The maximum atomic E-state index is 12.5. The Balaban J connectivity index is 2.26. The van der Waals surface area contributed by atoms with Crippen molar-refractivity contribution in [1.29, 1.82) is 0 Å². The molecule has 0 bridgehead atoms. The Kier molecular flexibility index (Phi) is 4.02. The maximum Gasteiger partial charge on any atom is 0.182 e. The lowest BCUT2D eigenvalue weighted by molar-refractivity contribution is 0.496. The molecule has 106 valence electrons. The molecule has 2 rings (SSSR count). The molecule has 1 heterocycles. The van der Waals surface area contributed by atoms with Crippen molar-refractivity contribution in [3.8, 4) is 0 Å². The second-order valence-electron chi connectivity index (χ2n) is 6.29. The van der Waals surface area contributed by atoms with Crippen molar-refractivity contribution < 1.29 is 8.42 Å². The van der Waals surface area contributed by atoms with E-state index >= 15 is 0 Å². The smallest absolute Gasteiger partial charge is 0.182 e. The van der Waals surface area contributed by atoms with Crippen LogP contribution in [-0.4, -0.2) is 26.8 Å². The summed E-state index contributed by atoms with van der Waals surface area (Å²) < 4.78 is 25.0. The van der Waals surface area contributed by atoms with Gasteiger partial charge in [-0.3, -0.25) is 0 Å². The van der Waals surface area contributed by atoms with E-state index in [0.29, 0.717) is 11.4 Å². The molecule has 3 nitrogen and oxygen atoms in total. The molecule has 1 unspecified atom stereocenters. The molecule has 1 aliphatic rings. The molecular formula is C15H23NO2S. The number of hydrogen-bond acceptors (Lipinski definition) is 3. The first-order chi connectivity index (χ1) is 8.82. The van der Waals surface area contributed by atoms with Crippen molar-refractivity contribution in [1.82, 2.24) is 5.32 Å². The van der Waals surface area contributed by atoms with Gasteiger partial charge in [-0.05, 0) is 42.5 Å². The summed E-state index contributed by atoms with van der Waals surface area (Å²) in [6.07, 6.45) is 1.69. The molecule has 1 aromatic rings. The van der Waals surface area contributed by atoms with Crippen molar-refractivity contribution in [3.63, 3.8) is 0 Å². The summed E-state index contributed by atoms with van der Waals surface area (Å²) in [7, 11) is -3.19. The van der Waals surface area contributed by atoms with Crippen LogP contribution in [0.4, 0.5) is 0 Å². The standard InChI is InChI=1S/C15H23NO2S/c1-15(2,3)12-6-8-13(9-7-12)19(17,18)14-5-4-10-16-11-14/h6-9,14,16H,4-5,10-11H2,1-3H3. The largest absolute Gasteiger partial charge is 0.315 e. The van der Waals surface area contributed by atoms with E-state index in [1.807, 2.05) is 12.1 Å². The molecule has 1 aliphatic heterocycles. The minimum Gasteiger partial charge on any atom is -0.315 e. The summed E-state index contributed by atoms with van der Waals surface area (Å²) in [5, 5.41) is 2.89. The minimum atomic E-state index is -3.19. The molecular weight excluding hydrogens is 258 g/mol. The van der Waals surface area contributed by atoms with E-state index in [4.69, 9.17) is 0 Å². The average Bonchev–Trinajstić information content (AvgIpc) is 2.39. The zero-order chi connectivity index (χ0) is 14.1. The normalized spacial score (nSPS) is 21.3. The highest BCUT2D eigenvalue weighted by Gasteiger charge is 2.29. The van der Waals surface area contributed by atoms with Crippen molar-refractivity contribution >= 4 is 9.84 Å². The predicted molar refractivity (Wildman–Crippen MR) is 78.2 cm³/mol. The second kappa shape index (κ2) is 5.25. The fourth-order valence-electron chi connectivity index (χ4n) is 2.42. The lowest BCUT2D eigenvalue weighted by Gasteiger charge is -2.23. The van der Waals surface area contributed by atoms with Crippen LogP contribution in [0.1, 0.15) is 39.2 Å². The van der Waals surface area contributed by atoms with Gasteiger partial charge in [0, 0.05) is 6.54 Å². The van der Waals surface area contributed by atoms with E-state index in [1.54, 1.807) is 12.1 Å². The highest BCUT2D eigenvalue weighted by Crippen LogP contribution is 2.26. The lowest BCUT2D eigenvalue weighted by Crippen LogP contribution is -2.38. The number of piperidine rings is 1. The number of benzene rings is 1. The van der Waals surface area contributed by atoms with Crippen LogP contribution >= 0.6 is 0 Å². The minimum absolute atomic E-state index is 0.0503. The molecule has 0 saturated carbocycles. The quantitative estimate of drug-likeness (QED) is 0.906. The van der Waals surface area contributed by atoms with Gasteiger partial charge < -0.3 is 5.32 Å². The second-order valence-corrected chi connectivity index (χ2v) is 8.52. The Morgan fingerprint density at radius 1 is 1.16 bits per heavy atom. The van der Waals surface area contributed by atoms with Crippen LogP contribution in [0.5, 0.6) is 0 Å². The lowest BCUT2D eigenvalue weighted by atomic mass is 9.87. The Labute approximate surface area is 116 Å². The molecule has 0 amide bonds. The third-order valence-corrected chi connectivity index (χ3v) is 5.95. The molecule has 0 spiro atoms. The van der Waals surface area contributed by atoms with Gasteiger partial charge in [0.1, 0.15) is 0 Å². The van der Waals surface area contributed by atoms with Crippen LogP contribution < -0.4 is 5.32 Å². The Hall–Kier alpha value is -0.870. The van der Waals surface area contributed by atoms with E-state index in [2.05, 4.69) is 26.1 Å². The van der Waals surface area contributed by atoms with Crippen molar-refractivity contribution in [2.24, 2.45) is 0 Å². The zero-order valence-electron chi connectivity index (χ0n) is 11.9. The van der Waals surface area contributed by atoms with Gasteiger partial charge in [-0.25, -0.2) is 8.42 Å². The monoisotopic (exact) mass is 281 g/mol. The average molecular weight is 281 g/mol. The van der Waals surface area contributed by atoms with Gasteiger partial charge in [0.25, 0.3) is 0 Å². The number of sulfone groups is 1. The topological polar surface area (TPSA) is 46.2 Å². The molecule has 0 radical (unpaired) electrons. The van der Waals surface area contributed by atoms with Crippen molar-refractivity contribution in [3.05, 3.63) is 29.8 Å². The zero-order valence-corrected chi connectivity index (χ0v) is 12.8. The molecule has 1 fully saturated rings. The highest BCUT2D eigenvalue weighted by atomic mass is 32.2. The van der Waals surface area contributed by atoms with E-state index in [0.717, 1.165) is 24.9 Å². The van der Waals surface area contributed by atoms with E-state index in [9.17, 15) is 8.42 Å². The molecule has 1 N–H and O–H groups in total. The summed E-state index contributed by atoms with van der Waals surface area (Å²) in [6.45, 7) is 7.88. The van der Waals surface area contributed by atoms with Gasteiger partial charge in [0.05, 0.1) is 10.1 Å². The first-order valence-electron chi connectivity index (χ1n) is 6.87. The molecule has 19 heavy (non-hydrogen) atoms. The van der Waals surface area contributed by atoms with Gasteiger partial charge in [0.15, 0.2) is 9.84 Å². The molecule has 1 atom stereocenters. The van der Waals surface area contributed by atoms with Crippen LogP contribution in [0.25, 0.3) is 0 Å². The van der Waals surface area contributed by atoms with Gasteiger partial charge in [-0.15, -0.1) is 0 Å². The summed E-state index contributed by atoms with van der Waals surface area (Å²) in [5.41, 5.74) is 1.21. The van der Waals surface area contributed by atoms with Crippen molar-refractivity contribution in [2.45, 2.75) is 49.2 Å². The molecule has 0 aromatic heterocycles. The predicted octanol–water partition coefficient (Wildman–Crippen LogP) is 2.51. The summed E-state index contributed by atoms with van der Waals surface area (Å²) >= 11 is 0. The van der Waals surface area contributed by atoms with Crippen LogP contribution in [0.15, 0.2) is 29.2 Å². The van der Waals surface area contributed by atoms with Crippen LogP contribution in [0.3, 0.4) is 0 Å². The third kappa shape index (κ3) is 3.18. The fourth-order valence-corrected chi connectivity index (χ4v) is 4.14. The SMILES string of the molecule is CC(C)(C)c1ccc(S(=O)(=O)C2CCCNC2)cc1. The van der Waals surface area contributed by atoms with Crippen LogP contribution in [-0.2, 0) is 15.3 Å². The summed E-state index contributed by atoms with van der Waals surface area (Å²) in [6, 6.07) is 7.38. The molecule has 1 aromatic carbocycles. The van der Waals surface area contributed by atoms with Gasteiger partial charge in [0.2, 0.25) is 0 Å². The summed E-state index contributed by atoms with van der Waals surface area (Å²) in [4.78, 5) is 0.453.